The molecule has 35 heavy (non-hydrogen) atoms. The van der Waals surface area contributed by atoms with E-state index in [1.54, 1.807) is 16.9 Å². The Balaban J connectivity index is 1.48. The summed E-state index contributed by atoms with van der Waals surface area (Å²) >= 11 is 0. The number of fused-ring (bicyclic) bond motifs is 1. The minimum absolute atomic E-state index is 0.0501. The van der Waals surface area contributed by atoms with E-state index in [0.717, 1.165) is 48.4 Å². The summed E-state index contributed by atoms with van der Waals surface area (Å²) in [7, 11) is 0. The van der Waals surface area contributed by atoms with Gasteiger partial charge in [0.2, 0.25) is 0 Å². The summed E-state index contributed by atoms with van der Waals surface area (Å²) in [6.45, 7) is 10.9. The van der Waals surface area contributed by atoms with E-state index >= 15 is 0 Å². The lowest BCUT2D eigenvalue weighted by molar-refractivity contribution is -0.147. The van der Waals surface area contributed by atoms with Crippen molar-refractivity contribution in [1.82, 2.24) is 14.6 Å². The quantitative estimate of drug-likeness (QED) is 0.429. The molecule has 0 aromatic carbocycles. The molecule has 0 bridgehead atoms. The van der Waals surface area contributed by atoms with Crippen molar-refractivity contribution in [3.8, 4) is 22.9 Å². The topological polar surface area (TPSA) is 92.7 Å². The number of nitriles is 1. The van der Waals surface area contributed by atoms with Gasteiger partial charge in [0, 0.05) is 30.4 Å². The fourth-order valence-electron chi connectivity index (χ4n) is 4.49. The van der Waals surface area contributed by atoms with Crippen LogP contribution in [0.4, 0.5) is 5.82 Å². The predicted octanol–water partition coefficient (Wildman–Crippen LogP) is 4.86. The highest BCUT2D eigenvalue weighted by atomic mass is 16.5. The van der Waals surface area contributed by atoms with Crippen molar-refractivity contribution in [3.05, 3.63) is 42.4 Å². The van der Waals surface area contributed by atoms with Gasteiger partial charge in [-0.1, -0.05) is 20.8 Å². The Kier molecular flexibility index (Phi) is 7.25. The van der Waals surface area contributed by atoms with Crippen molar-refractivity contribution >= 4 is 17.3 Å². The van der Waals surface area contributed by atoms with Crippen LogP contribution >= 0.6 is 0 Å². The number of hydrogen-bond donors (Lipinski definition) is 0. The summed E-state index contributed by atoms with van der Waals surface area (Å²) in [5.74, 6) is 1.84. The molecule has 1 fully saturated rings. The van der Waals surface area contributed by atoms with E-state index in [-0.39, 0.29) is 11.4 Å². The van der Waals surface area contributed by atoms with E-state index in [9.17, 15) is 10.1 Å². The van der Waals surface area contributed by atoms with E-state index in [1.165, 1.54) is 0 Å². The molecule has 4 rings (SSSR count). The minimum atomic E-state index is -0.102. The molecule has 3 aromatic rings. The van der Waals surface area contributed by atoms with Crippen LogP contribution in [-0.4, -0.2) is 46.9 Å². The van der Waals surface area contributed by atoms with Crippen LogP contribution in [0.1, 0.15) is 52.5 Å². The first kappa shape index (κ1) is 24.5. The van der Waals surface area contributed by atoms with Gasteiger partial charge in [0.15, 0.2) is 0 Å². The van der Waals surface area contributed by atoms with Gasteiger partial charge in [-0.2, -0.15) is 10.4 Å². The fourth-order valence-corrected chi connectivity index (χ4v) is 4.49. The molecule has 1 aliphatic heterocycles. The van der Waals surface area contributed by atoms with Gasteiger partial charge in [0.1, 0.15) is 17.6 Å². The Bertz CT molecular complexity index is 1220. The maximum atomic E-state index is 12.2. The predicted molar refractivity (Wildman–Crippen MR) is 134 cm³/mol. The number of carbonyl (C=O) groups is 1. The number of hydrogen-bond acceptors (Lipinski definition) is 7. The summed E-state index contributed by atoms with van der Waals surface area (Å²) < 4.78 is 12.8. The Hall–Kier alpha value is -3.60. The largest absolute Gasteiger partial charge is 0.492 e. The van der Waals surface area contributed by atoms with Crippen molar-refractivity contribution in [1.29, 1.82) is 5.26 Å². The average Bonchev–Trinajstić information content (AvgIpc) is 3.26. The van der Waals surface area contributed by atoms with Crippen LogP contribution in [0.5, 0.6) is 5.75 Å². The average molecular weight is 476 g/mol. The summed E-state index contributed by atoms with van der Waals surface area (Å²) in [6.07, 6.45) is 7.47. The zero-order chi connectivity index (χ0) is 25.0. The summed E-state index contributed by atoms with van der Waals surface area (Å²) in [6, 6.07) is 8.20. The van der Waals surface area contributed by atoms with E-state index < -0.39 is 0 Å². The second-order valence-electron chi connectivity index (χ2n) is 9.94. The summed E-state index contributed by atoms with van der Waals surface area (Å²) in [5.41, 5.74) is 2.95. The van der Waals surface area contributed by atoms with Crippen molar-refractivity contribution in [2.24, 2.45) is 11.3 Å². The van der Waals surface area contributed by atoms with Crippen molar-refractivity contribution in [2.45, 2.75) is 47.0 Å². The van der Waals surface area contributed by atoms with Gasteiger partial charge >= 0.3 is 5.97 Å². The molecule has 184 valence electrons. The Labute approximate surface area is 206 Å². The van der Waals surface area contributed by atoms with E-state index in [0.29, 0.717) is 36.9 Å². The molecule has 0 saturated carbocycles. The Morgan fingerprint density at radius 1 is 1.26 bits per heavy atom. The lowest BCUT2D eigenvalue weighted by atomic mass is 9.77. The van der Waals surface area contributed by atoms with E-state index in [4.69, 9.17) is 14.5 Å². The number of piperidine rings is 1. The SMILES string of the molecule is CCOc1cc(-c2ccc(N3CCC(C)(CC(=O)OCC(C)C)CC3)nc2)c2c(C#N)cnn2c1. The molecule has 0 radical (unpaired) electrons. The molecule has 1 aliphatic rings. The number of nitrogens with zero attached hydrogens (tertiary/aromatic N) is 5. The third-order valence-electron chi connectivity index (χ3n) is 6.52. The maximum Gasteiger partial charge on any atom is 0.306 e. The Morgan fingerprint density at radius 3 is 2.66 bits per heavy atom. The summed E-state index contributed by atoms with van der Waals surface area (Å²) in [5, 5.41) is 13.9. The third-order valence-corrected chi connectivity index (χ3v) is 6.52. The zero-order valence-corrected chi connectivity index (χ0v) is 21.0. The molecular formula is C27H33N5O3. The molecule has 8 heteroatoms. The molecule has 0 unspecified atom stereocenters. The molecule has 8 nitrogen and oxygen atoms in total. The number of aromatic nitrogens is 3. The maximum absolute atomic E-state index is 12.2. The third kappa shape index (κ3) is 5.56. The standard InChI is InChI=1S/C27H33N5O3/c1-5-34-22-12-23(26-21(14-28)16-30-32(26)17-22)20-6-7-24(29-15-20)31-10-8-27(4,9-11-31)13-25(33)35-18-19(2)3/h6-7,12,15-17,19H,5,8-11,13,18H2,1-4H3. The normalized spacial score (nSPS) is 15.3. The molecule has 1 saturated heterocycles. The Morgan fingerprint density at radius 2 is 2.03 bits per heavy atom. The van der Waals surface area contributed by atoms with Crippen LogP contribution in [0.25, 0.3) is 16.6 Å². The van der Waals surface area contributed by atoms with Crippen LogP contribution in [0.3, 0.4) is 0 Å². The molecular weight excluding hydrogens is 442 g/mol. The fraction of sp³-hybridized carbons (Fsp3) is 0.481. The van der Waals surface area contributed by atoms with Crippen LogP contribution in [-0.2, 0) is 9.53 Å². The molecule has 4 heterocycles. The van der Waals surface area contributed by atoms with Gasteiger partial charge in [-0.05, 0) is 49.3 Å². The van der Waals surface area contributed by atoms with Crippen LogP contribution in [0, 0.1) is 22.7 Å². The smallest absolute Gasteiger partial charge is 0.306 e. The number of esters is 1. The first-order valence-electron chi connectivity index (χ1n) is 12.2. The number of pyridine rings is 2. The van der Waals surface area contributed by atoms with Crippen molar-refractivity contribution < 1.29 is 14.3 Å². The van der Waals surface area contributed by atoms with Crippen LogP contribution < -0.4 is 9.64 Å². The van der Waals surface area contributed by atoms with Gasteiger partial charge in [0.05, 0.1) is 43.1 Å². The van der Waals surface area contributed by atoms with Gasteiger partial charge in [-0.3, -0.25) is 4.79 Å². The van der Waals surface area contributed by atoms with Crippen LogP contribution in [0.15, 0.2) is 36.8 Å². The second-order valence-corrected chi connectivity index (χ2v) is 9.94. The number of ether oxygens (including phenoxy) is 2. The van der Waals surface area contributed by atoms with Crippen molar-refractivity contribution in [3.63, 3.8) is 0 Å². The highest BCUT2D eigenvalue weighted by Gasteiger charge is 2.33. The highest BCUT2D eigenvalue weighted by molar-refractivity contribution is 5.85. The molecule has 0 spiro atoms. The van der Waals surface area contributed by atoms with E-state index in [1.807, 2.05) is 45.2 Å². The monoisotopic (exact) mass is 475 g/mol. The molecule has 0 N–H and O–H groups in total. The minimum Gasteiger partial charge on any atom is -0.492 e. The molecule has 3 aromatic heterocycles. The van der Waals surface area contributed by atoms with Gasteiger partial charge in [-0.15, -0.1) is 0 Å². The first-order valence-corrected chi connectivity index (χ1v) is 12.2. The lowest BCUT2D eigenvalue weighted by Gasteiger charge is -2.39. The van der Waals surface area contributed by atoms with Crippen LogP contribution in [0.2, 0.25) is 0 Å². The lowest BCUT2D eigenvalue weighted by Crippen LogP contribution is -2.40. The van der Waals surface area contributed by atoms with Gasteiger partial charge in [0.25, 0.3) is 0 Å². The molecule has 0 amide bonds. The second kappa shape index (κ2) is 10.3. The van der Waals surface area contributed by atoms with Gasteiger partial charge < -0.3 is 14.4 Å². The number of carbonyl (C=O) groups excluding carboxylic acids is 1. The van der Waals surface area contributed by atoms with Gasteiger partial charge in [-0.25, -0.2) is 9.50 Å². The van der Waals surface area contributed by atoms with Crippen molar-refractivity contribution in [2.75, 3.05) is 31.2 Å². The zero-order valence-electron chi connectivity index (χ0n) is 21.0. The first-order chi connectivity index (χ1) is 16.8. The highest BCUT2D eigenvalue weighted by Crippen LogP contribution is 2.37. The molecule has 0 aliphatic carbocycles. The summed E-state index contributed by atoms with van der Waals surface area (Å²) in [4.78, 5) is 19.2. The number of rotatable bonds is 8. The number of anilines is 1. The molecule has 0 atom stereocenters. The van der Waals surface area contributed by atoms with E-state index in [2.05, 4.69) is 23.0 Å².